The van der Waals surface area contributed by atoms with E-state index in [1.807, 2.05) is 45.0 Å². The fraction of sp³-hybridized carbons (Fsp3) is 0.467. The molecule has 2 atom stereocenters. The van der Waals surface area contributed by atoms with Crippen molar-refractivity contribution in [1.82, 2.24) is 20.4 Å². The van der Waals surface area contributed by atoms with Gasteiger partial charge in [-0.05, 0) is 104 Å². The maximum absolute atomic E-state index is 13.8. The van der Waals surface area contributed by atoms with Crippen molar-refractivity contribution in [2.75, 3.05) is 20.2 Å². The quantitative estimate of drug-likeness (QED) is 0.225. The van der Waals surface area contributed by atoms with Crippen LogP contribution in [-0.2, 0) is 19.1 Å². The Morgan fingerprint density at radius 3 is 2.05 bits per heavy atom. The van der Waals surface area contributed by atoms with Crippen LogP contribution in [-0.4, -0.2) is 89.4 Å². The van der Waals surface area contributed by atoms with E-state index in [-0.39, 0.29) is 48.3 Å². The summed E-state index contributed by atoms with van der Waals surface area (Å²) in [6, 6.07) is 16.5. The summed E-state index contributed by atoms with van der Waals surface area (Å²) in [6.07, 6.45) is 10.9. The molecule has 56 heavy (non-hydrogen) atoms. The van der Waals surface area contributed by atoms with Crippen molar-refractivity contribution >= 4 is 46.4 Å². The maximum Gasteiger partial charge on any atom is 0.407 e. The number of hydrogen-bond acceptors (Lipinski definition) is 7. The third-order valence-corrected chi connectivity index (χ3v) is 11.6. The van der Waals surface area contributed by atoms with Crippen molar-refractivity contribution in [2.45, 2.75) is 110 Å². The number of benzene rings is 2. The fourth-order valence-electron chi connectivity index (χ4n) is 8.24. The Morgan fingerprint density at radius 2 is 1.45 bits per heavy atom. The summed E-state index contributed by atoms with van der Waals surface area (Å²) in [5.41, 5.74) is 10.5. The Kier molecular flexibility index (Phi) is 11.7. The highest BCUT2D eigenvalue weighted by atomic mass is 16.5. The van der Waals surface area contributed by atoms with Crippen LogP contribution < -0.4 is 10.6 Å². The molecule has 2 aliphatic carbocycles. The number of nitrogens with one attached hydrogen (secondary N) is 2. The molecule has 2 fully saturated rings. The summed E-state index contributed by atoms with van der Waals surface area (Å²) in [5.74, 6) is -0.294. The van der Waals surface area contributed by atoms with Crippen molar-refractivity contribution in [3.63, 3.8) is 0 Å². The molecule has 11 heteroatoms. The molecule has 1 saturated heterocycles. The van der Waals surface area contributed by atoms with E-state index in [4.69, 9.17) is 14.7 Å². The standard InChI is InChI=1S/C45H54N6O5/c1-27(2)42(49-45(55)56-5)44(54)50-21-7-10-40(50)39-23-34(25-47-39)32-17-13-30(14-18-32)29-11-15-31(16-12-29)33-22-38(46-24-33)36-8-6-9-37(36)43(53)51(28(3)4)26-41(52)48-35-19-20-35/h11-18,24-25,27-28,35,40,42H,6-10,19-23,26H2,1-5H3,(H,48,52)(H,49,55)/t40-,42-/m0/s1. The first kappa shape index (κ1) is 38.9. The molecular formula is C45H54N6O5. The molecule has 11 nitrogen and oxygen atoms in total. The predicted octanol–water partition coefficient (Wildman–Crippen LogP) is 7.09. The number of amides is 4. The zero-order valence-corrected chi connectivity index (χ0v) is 33.3. The highest BCUT2D eigenvalue weighted by Crippen LogP contribution is 2.36. The lowest BCUT2D eigenvalue weighted by Gasteiger charge is -2.31. The monoisotopic (exact) mass is 758 g/mol. The summed E-state index contributed by atoms with van der Waals surface area (Å²) in [7, 11) is 1.30. The van der Waals surface area contributed by atoms with E-state index >= 15 is 0 Å². The maximum atomic E-state index is 13.8. The SMILES string of the molecule is COC(=O)N[C@H](C(=O)N1CCC[C@H]1C1=NC=C(c2ccc(-c3ccc(C4=CN=C(C5=C(C(=O)N(CC(=O)NC6CC6)C(C)C)CCC5)C4)cc3)cc2)C1)C(C)C. The number of rotatable bonds is 13. The highest BCUT2D eigenvalue weighted by molar-refractivity contribution is 6.14. The van der Waals surface area contributed by atoms with E-state index in [1.54, 1.807) is 4.90 Å². The number of aliphatic imine (C=N–C) groups is 2. The van der Waals surface area contributed by atoms with E-state index < -0.39 is 12.1 Å². The molecule has 2 N–H and O–H groups in total. The number of carbonyl (C=O) groups excluding carboxylic acids is 4. The first-order valence-electron chi connectivity index (χ1n) is 20.2. The molecular weight excluding hydrogens is 705 g/mol. The smallest absolute Gasteiger partial charge is 0.407 e. The van der Waals surface area contributed by atoms with E-state index in [2.05, 4.69) is 59.2 Å². The largest absolute Gasteiger partial charge is 0.453 e. The van der Waals surface area contributed by atoms with Gasteiger partial charge in [-0.1, -0.05) is 62.4 Å². The number of hydrogen-bond donors (Lipinski definition) is 2. The summed E-state index contributed by atoms with van der Waals surface area (Å²) in [6.45, 7) is 8.50. The Labute approximate surface area is 330 Å². The first-order valence-corrected chi connectivity index (χ1v) is 20.2. The Hall–Kier alpha value is -5.32. The molecule has 2 aromatic carbocycles. The van der Waals surface area contributed by atoms with Gasteiger partial charge in [0.25, 0.3) is 5.91 Å². The fourth-order valence-corrected chi connectivity index (χ4v) is 8.24. The van der Waals surface area contributed by atoms with E-state index in [1.165, 1.54) is 7.11 Å². The van der Waals surface area contributed by atoms with Crippen LogP contribution in [0.4, 0.5) is 4.79 Å². The van der Waals surface area contributed by atoms with Crippen molar-refractivity contribution < 1.29 is 23.9 Å². The first-order chi connectivity index (χ1) is 27.0. The van der Waals surface area contributed by atoms with Crippen LogP contribution in [0, 0.1) is 5.92 Å². The molecule has 7 rings (SSSR count). The summed E-state index contributed by atoms with van der Waals surface area (Å²) in [5, 5.41) is 5.74. The Bertz CT molecular complexity index is 2020. The Balaban J connectivity index is 0.947. The summed E-state index contributed by atoms with van der Waals surface area (Å²) in [4.78, 5) is 65.1. The van der Waals surface area contributed by atoms with Crippen molar-refractivity contribution in [2.24, 2.45) is 15.9 Å². The van der Waals surface area contributed by atoms with Gasteiger partial charge < -0.3 is 25.2 Å². The van der Waals surface area contributed by atoms with Gasteiger partial charge in [-0.25, -0.2) is 4.79 Å². The van der Waals surface area contributed by atoms with Crippen LogP contribution >= 0.6 is 0 Å². The van der Waals surface area contributed by atoms with E-state index in [9.17, 15) is 19.2 Å². The molecule has 0 aromatic heterocycles. The number of allylic oxidation sites excluding steroid dienone is 3. The van der Waals surface area contributed by atoms with Gasteiger partial charge in [0.05, 0.1) is 13.2 Å². The van der Waals surface area contributed by atoms with Crippen LogP contribution in [0.5, 0.6) is 0 Å². The van der Waals surface area contributed by atoms with Crippen molar-refractivity contribution in [3.05, 3.63) is 83.2 Å². The second-order valence-corrected chi connectivity index (χ2v) is 16.2. The van der Waals surface area contributed by atoms with Crippen molar-refractivity contribution in [1.29, 1.82) is 0 Å². The van der Waals surface area contributed by atoms with Gasteiger partial charge in [0.1, 0.15) is 12.6 Å². The minimum atomic E-state index is -0.653. The third-order valence-electron chi connectivity index (χ3n) is 11.6. The Morgan fingerprint density at radius 1 is 0.821 bits per heavy atom. The highest BCUT2D eigenvalue weighted by Gasteiger charge is 2.39. The zero-order chi connectivity index (χ0) is 39.5. The lowest BCUT2D eigenvalue weighted by atomic mass is 9.94. The van der Waals surface area contributed by atoms with Crippen LogP contribution in [0.2, 0.25) is 0 Å². The van der Waals surface area contributed by atoms with Crippen LogP contribution in [0.15, 0.2) is 82.1 Å². The summed E-state index contributed by atoms with van der Waals surface area (Å²) < 4.78 is 4.77. The molecule has 0 radical (unpaired) electrons. The molecule has 0 unspecified atom stereocenters. The molecule has 294 valence electrons. The average Bonchev–Trinajstić information content (AvgIpc) is 3.72. The van der Waals surface area contributed by atoms with Crippen LogP contribution in [0.1, 0.15) is 96.6 Å². The molecule has 2 aromatic rings. The molecule has 5 aliphatic rings. The molecule has 4 amide bonds. The minimum absolute atomic E-state index is 0.0410. The van der Waals surface area contributed by atoms with Gasteiger partial charge >= 0.3 is 6.09 Å². The number of methoxy groups -OCH3 is 1. The second-order valence-electron chi connectivity index (χ2n) is 16.2. The van der Waals surface area contributed by atoms with Gasteiger partial charge in [0.2, 0.25) is 11.8 Å². The molecule has 3 aliphatic heterocycles. The molecule has 3 heterocycles. The van der Waals surface area contributed by atoms with Crippen LogP contribution in [0.3, 0.4) is 0 Å². The number of nitrogens with zero attached hydrogens (tertiary/aromatic N) is 4. The lowest BCUT2D eigenvalue weighted by molar-refractivity contribution is -0.134. The number of alkyl carbamates (subject to hydrolysis) is 1. The van der Waals surface area contributed by atoms with E-state index in [0.29, 0.717) is 25.8 Å². The van der Waals surface area contributed by atoms with Gasteiger partial charge in [-0.3, -0.25) is 24.4 Å². The van der Waals surface area contributed by atoms with Gasteiger partial charge in [0.15, 0.2) is 0 Å². The normalized spacial score (nSPS) is 19.8. The topological polar surface area (TPSA) is 133 Å². The van der Waals surface area contributed by atoms with Crippen LogP contribution in [0.25, 0.3) is 22.3 Å². The zero-order valence-electron chi connectivity index (χ0n) is 33.3. The predicted molar refractivity (Wildman–Crippen MR) is 220 cm³/mol. The second kappa shape index (κ2) is 16.8. The molecule has 0 spiro atoms. The number of ether oxygens (including phenoxy) is 1. The van der Waals surface area contributed by atoms with E-state index in [0.717, 1.165) is 94.5 Å². The number of likely N-dealkylation sites (tertiary alicyclic amines) is 1. The van der Waals surface area contributed by atoms with Gasteiger partial charge in [-0.15, -0.1) is 0 Å². The average molecular weight is 759 g/mol. The lowest BCUT2D eigenvalue weighted by Crippen LogP contribution is -2.53. The summed E-state index contributed by atoms with van der Waals surface area (Å²) >= 11 is 0. The van der Waals surface area contributed by atoms with Gasteiger partial charge in [0, 0.05) is 60.9 Å². The van der Waals surface area contributed by atoms with Gasteiger partial charge in [-0.2, -0.15) is 0 Å². The molecule has 1 saturated carbocycles. The van der Waals surface area contributed by atoms with Crippen molar-refractivity contribution in [3.8, 4) is 11.1 Å². The molecule has 0 bridgehead atoms. The third kappa shape index (κ3) is 8.56. The number of carbonyl (C=O) groups is 4. The minimum Gasteiger partial charge on any atom is -0.453 e.